The van der Waals surface area contributed by atoms with Crippen molar-refractivity contribution in [2.24, 2.45) is 5.92 Å². The molecule has 37 heavy (non-hydrogen) atoms. The highest BCUT2D eigenvalue weighted by atomic mass is 19.4. The van der Waals surface area contributed by atoms with Gasteiger partial charge >= 0.3 is 6.18 Å². The van der Waals surface area contributed by atoms with Crippen molar-refractivity contribution in [3.63, 3.8) is 0 Å². The molecule has 0 bridgehead atoms. The van der Waals surface area contributed by atoms with Gasteiger partial charge < -0.3 is 15.2 Å². The summed E-state index contributed by atoms with van der Waals surface area (Å²) in [5.74, 6) is -1.01. The maximum absolute atomic E-state index is 14.0. The number of nitrogens with one attached hydrogen (secondary N) is 1. The van der Waals surface area contributed by atoms with Gasteiger partial charge in [0, 0.05) is 31.5 Å². The number of phenols is 1. The summed E-state index contributed by atoms with van der Waals surface area (Å²) in [7, 11) is 1.68. The van der Waals surface area contributed by atoms with E-state index in [1.54, 1.807) is 49.6 Å². The number of hydrogen-bond acceptors (Lipinski definition) is 4. The molecule has 1 heterocycles. The molecule has 5 nitrogen and oxygen atoms in total. The van der Waals surface area contributed by atoms with Crippen LogP contribution in [0, 0.1) is 5.92 Å². The van der Waals surface area contributed by atoms with Gasteiger partial charge in [-0.05, 0) is 55.0 Å². The topological polar surface area (TPSA) is 61.8 Å². The second-order valence-corrected chi connectivity index (χ2v) is 9.88. The molecule has 2 aromatic carbocycles. The first-order valence-electron chi connectivity index (χ1n) is 12.5. The Morgan fingerprint density at radius 1 is 1.24 bits per heavy atom. The molecule has 1 saturated heterocycles. The van der Waals surface area contributed by atoms with Crippen molar-refractivity contribution < 1.29 is 27.8 Å². The predicted molar refractivity (Wildman–Crippen MR) is 137 cm³/mol. The fourth-order valence-electron chi connectivity index (χ4n) is 6.07. The first-order chi connectivity index (χ1) is 17.7. The van der Waals surface area contributed by atoms with Crippen molar-refractivity contribution in [3.05, 3.63) is 84.0 Å². The van der Waals surface area contributed by atoms with Crippen LogP contribution in [0.2, 0.25) is 0 Å². The van der Waals surface area contributed by atoms with E-state index in [4.69, 9.17) is 4.74 Å². The zero-order valence-electron chi connectivity index (χ0n) is 20.9. The van der Waals surface area contributed by atoms with Crippen LogP contribution in [0.4, 0.5) is 13.2 Å². The van der Waals surface area contributed by atoms with Crippen LogP contribution in [0.5, 0.6) is 5.75 Å². The van der Waals surface area contributed by atoms with Crippen LogP contribution < -0.4 is 5.32 Å². The van der Waals surface area contributed by atoms with Crippen LogP contribution in [-0.4, -0.2) is 54.6 Å². The average Bonchev–Trinajstić information content (AvgIpc) is 2.87. The maximum Gasteiger partial charge on any atom is 0.421 e. The molecule has 1 aliphatic carbocycles. The molecule has 4 rings (SSSR count). The third-order valence-corrected chi connectivity index (χ3v) is 7.75. The first-order valence-corrected chi connectivity index (χ1v) is 12.5. The van der Waals surface area contributed by atoms with E-state index in [1.165, 1.54) is 12.1 Å². The molecule has 1 aliphatic heterocycles. The van der Waals surface area contributed by atoms with Crippen molar-refractivity contribution in [1.29, 1.82) is 0 Å². The summed E-state index contributed by atoms with van der Waals surface area (Å²) in [4.78, 5) is 15.1. The Balaban J connectivity index is 1.71. The molecule has 0 radical (unpaired) electrons. The fraction of sp³-hybridized carbons (Fsp3) is 0.414. The van der Waals surface area contributed by atoms with Crippen LogP contribution in [0.3, 0.4) is 0 Å². The summed E-state index contributed by atoms with van der Waals surface area (Å²) in [6, 6.07) is 15.1. The molecule has 1 amide bonds. The van der Waals surface area contributed by atoms with Crippen molar-refractivity contribution in [3.8, 4) is 5.75 Å². The second-order valence-electron chi connectivity index (χ2n) is 9.88. The van der Waals surface area contributed by atoms with Gasteiger partial charge in [0.25, 0.3) is 5.91 Å². The lowest BCUT2D eigenvalue weighted by Crippen LogP contribution is -2.64. The Labute approximate surface area is 215 Å². The lowest BCUT2D eigenvalue weighted by molar-refractivity contribution is -0.134. The van der Waals surface area contributed by atoms with Gasteiger partial charge in [0.15, 0.2) is 0 Å². The number of nitrogens with zero attached hydrogens (tertiary/aromatic N) is 1. The number of benzene rings is 2. The standard InChI is InChI=1S/C29H33F3N2O3/c1-3-15-34-19-24-25(37-2)13-8-14-28(24,21-11-7-12-22(35)17-21)18-26(34)33-27(36)23(29(30,31)32)16-20-9-5-4-6-10-20/h3-7,9-12,16-17,24-26,35H,1,8,13-15,18-19H2,2H3,(H,33,36)/t24?,25?,26-,28-/m0/s1. The van der Waals surface area contributed by atoms with Crippen molar-refractivity contribution >= 4 is 12.0 Å². The number of piperidine rings is 1. The van der Waals surface area contributed by atoms with E-state index in [2.05, 4.69) is 11.9 Å². The minimum absolute atomic E-state index is 0.0306. The number of ether oxygens (including phenoxy) is 1. The Morgan fingerprint density at radius 2 is 2.00 bits per heavy atom. The summed E-state index contributed by atoms with van der Waals surface area (Å²) in [5, 5.41) is 12.9. The van der Waals surface area contributed by atoms with E-state index in [0.717, 1.165) is 30.9 Å². The number of alkyl halides is 3. The van der Waals surface area contributed by atoms with Gasteiger partial charge in [-0.2, -0.15) is 13.2 Å². The number of carbonyl (C=O) groups excluding carboxylic acids is 1. The van der Waals surface area contributed by atoms with E-state index >= 15 is 0 Å². The summed E-state index contributed by atoms with van der Waals surface area (Å²) < 4.78 is 47.9. The minimum atomic E-state index is -4.82. The fourth-order valence-corrected chi connectivity index (χ4v) is 6.07. The maximum atomic E-state index is 14.0. The Hall–Kier alpha value is -3.10. The lowest BCUT2D eigenvalue weighted by atomic mass is 9.57. The summed E-state index contributed by atoms with van der Waals surface area (Å²) in [6.45, 7) is 4.73. The van der Waals surface area contributed by atoms with E-state index in [0.29, 0.717) is 25.1 Å². The van der Waals surface area contributed by atoms with Gasteiger partial charge in [-0.25, -0.2) is 0 Å². The number of halogens is 3. The quantitative estimate of drug-likeness (QED) is 0.382. The van der Waals surface area contributed by atoms with Crippen molar-refractivity contribution in [2.45, 2.75) is 49.5 Å². The largest absolute Gasteiger partial charge is 0.508 e. The number of amides is 1. The average molecular weight is 515 g/mol. The monoisotopic (exact) mass is 514 g/mol. The molecule has 2 fully saturated rings. The number of likely N-dealkylation sites (tertiary alicyclic amines) is 1. The summed E-state index contributed by atoms with van der Waals surface area (Å²) in [6.07, 6.45) is -0.0630. The van der Waals surface area contributed by atoms with Gasteiger partial charge in [0.2, 0.25) is 0 Å². The molecular weight excluding hydrogens is 481 g/mol. The predicted octanol–water partition coefficient (Wildman–Crippen LogP) is 5.43. The zero-order valence-corrected chi connectivity index (χ0v) is 20.9. The Bertz CT molecular complexity index is 1130. The highest BCUT2D eigenvalue weighted by Crippen LogP contribution is 2.51. The number of aromatic hydroxyl groups is 1. The number of fused-ring (bicyclic) bond motifs is 1. The number of hydrogen-bond donors (Lipinski definition) is 2. The molecule has 198 valence electrons. The van der Waals surface area contributed by atoms with Crippen LogP contribution in [0.1, 0.15) is 36.8 Å². The Kier molecular flexibility index (Phi) is 8.09. The third kappa shape index (κ3) is 5.75. The minimum Gasteiger partial charge on any atom is -0.508 e. The number of carbonyl (C=O) groups is 1. The Morgan fingerprint density at radius 3 is 2.65 bits per heavy atom. The van der Waals surface area contributed by atoms with Gasteiger partial charge in [-0.1, -0.05) is 48.5 Å². The second kappa shape index (κ2) is 11.1. The molecule has 8 heteroatoms. The molecule has 2 unspecified atom stereocenters. The molecule has 2 aliphatic rings. The smallest absolute Gasteiger partial charge is 0.421 e. The molecular formula is C29H33F3N2O3. The van der Waals surface area contributed by atoms with Gasteiger partial charge in [-0.15, -0.1) is 6.58 Å². The number of rotatable bonds is 7. The highest BCUT2D eigenvalue weighted by molar-refractivity contribution is 5.99. The normalized spacial score (nSPS) is 26.8. The third-order valence-electron chi connectivity index (χ3n) is 7.75. The SMILES string of the molecule is C=CCN1CC2C(OC)CCC[C@@]2(c2cccc(O)c2)C[C@H]1NC(=O)C(=Cc1ccccc1)C(F)(F)F. The van der Waals surface area contributed by atoms with Gasteiger partial charge in [-0.3, -0.25) is 9.69 Å². The molecule has 0 aromatic heterocycles. The van der Waals surface area contributed by atoms with Gasteiger partial charge in [0.1, 0.15) is 11.3 Å². The molecule has 2 aromatic rings. The number of methoxy groups -OCH3 is 1. The zero-order chi connectivity index (χ0) is 26.6. The van der Waals surface area contributed by atoms with E-state index in [1.807, 2.05) is 11.0 Å². The molecule has 2 N–H and O–H groups in total. The summed E-state index contributed by atoms with van der Waals surface area (Å²) in [5.41, 5.74) is -0.519. The van der Waals surface area contributed by atoms with Crippen LogP contribution in [0.15, 0.2) is 72.8 Å². The highest BCUT2D eigenvalue weighted by Gasteiger charge is 2.53. The van der Waals surface area contributed by atoms with Crippen LogP contribution in [0.25, 0.3) is 6.08 Å². The van der Waals surface area contributed by atoms with Crippen LogP contribution >= 0.6 is 0 Å². The van der Waals surface area contributed by atoms with E-state index in [-0.39, 0.29) is 17.8 Å². The van der Waals surface area contributed by atoms with Gasteiger partial charge in [0.05, 0.1) is 12.3 Å². The van der Waals surface area contributed by atoms with E-state index in [9.17, 15) is 23.1 Å². The van der Waals surface area contributed by atoms with Crippen molar-refractivity contribution in [2.75, 3.05) is 20.2 Å². The van der Waals surface area contributed by atoms with Crippen LogP contribution in [-0.2, 0) is 14.9 Å². The van der Waals surface area contributed by atoms with E-state index < -0.39 is 29.2 Å². The number of phenolic OH excluding ortho intramolecular Hbond substituents is 1. The van der Waals surface area contributed by atoms with Crippen molar-refractivity contribution in [1.82, 2.24) is 10.2 Å². The first kappa shape index (κ1) is 26.9. The molecule has 0 spiro atoms. The molecule has 1 saturated carbocycles. The summed E-state index contributed by atoms with van der Waals surface area (Å²) >= 11 is 0. The lowest BCUT2D eigenvalue weighted by Gasteiger charge is -2.56. The molecule has 4 atom stereocenters.